The van der Waals surface area contributed by atoms with Crippen molar-refractivity contribution in [2.75, 3.05) is 0 Å². The van der Waals surface area contributed by atoms with Gasteiger partial charge in [-0.3, -0.25) is 0 Å². The van der Waals surface area contributed by atoms with E-state index in [9.17, 15) is 0 Å². The summed E-state index contributed by atoms with van der Waals surface area (Å²) in [5.74, 6) is 0.546. The maximum atomic E-state index is 3.42. The maximum absolute atomic E-state index is 3.42. The first-order valence-electron chi connectivity index (χ1n) is 6.21. The molecule has 3 rings (SSSR count). The molecule has 0 saturated carbocycles. The molecular formula is C15H16BN. The fourth-order valence-corrected chi connectivity index (χ4v) is 2.91. The molecule has 0 heterocycles. The molecule has 0 radical (unpaired) electrons. The van der Waals surface area contributed by atoms with E-state index < -0.39 is 0 Å². The van der Waals surface area contributed by atoms with Crippen LogP contribution in [-0.2, 0) is 0 Å². The van der Waals surface area contributed by atoms with Crippen LogP contribution in [0.5, 0.6) is 0 Å². The van der Waals surface area contributed by atoms with Gasteiger partial charge in [0.1, 0.15) is 0 Å². The Morgan fingerprint density at radius 2 is 1.53 bits per heavy atom. The Labute approximate surface area is 103 Å². The van der Waals surface area contributed by atoms with E-state index >= 15 is 0 Å². The highest BCUT2D eigenvalue weighted by atomic mass is 14.8. The summed E-state index contributed by atoms with van der Waals surface area (Å²) < 4.78 is 0. The van der Waals surface area contributed by atoms with Crippen molar-refractivity contribution in [3.8, 4) is 0 Å². The number of hydrogen-bond acceptors (Lipinski definition) is 1. The van der Waals surface area contributed by atoms with Gasteiger partial charge >= 0.3 is 0 Å². The van der Waals surface area contributed by atoms with Gasteiger partial charge in [-0.2, -0.15) is 0 Å². The van der Waals surface area contributed by atoms with Gasteiger partial charge in [-0.15, -0.1) is 0 Å². The molecule has 17 heavy (non-hydrogen) atoms. The van der Waals surface area contributed by atoms with E-state index in [0.29, 0.717) is 12.0 Å². The molecule has 1 aliphatic rings. The van der Waals surface area contributed by atoms with Gasteiger partial charge in [0.05, 0.1) is 0 Å². The summed E-state index contributed by atoms with van der Waals surface area (Å²) in [5.41, 5.74) is 4.37. The molecule has 0 fully saturated rings. The average molecular weight is 221 g/mol. The molecule has 0 aromatic heterocycles. The first-order valence-corrected chi connectivity index (χ1v) is 6.21. The Hall–Kier alpha value is -1.54. The van der Waals surface area contributed by atoms with E-state index in [-0.39, 0.29) is 0 Å². The monoisotopic (exact) mass is 221 g/mol. The quantitative estimate of drug-likeness (QED) is 0.768. The predicted octanol–water partition coefficient (Wildman–Crippen LogP) is 2.40. The van der Waals surface area contributed by atoms with Gasteiger partial charge in [0.2, 0.25) is 0 Å². The molecule has 2 aromatic rings. The van der Waals surface area contributed by atoms with Crippen LogP contribution in [0.25, 0.3) is 0 Å². The van der Waals surface area contributed by atoms with Gasteiger partial charge in [-0.25, -0.2) is 0 Å². The second kappa shape index (κ2) is 4.38. The van der Waals surface area contributed by atoms with Crippen LogP contribution in [0.3, 0.4) is 0 Å². The van der Waals surface area contributed by atoms with Crippen molar-refractivity contribution in [1.82, 2.24) is 5.23 Å². The molecule has 0 spiro atoms. The Bertz CT molecular complexity index is 509. The summed E-state index contributed by atoms with van der Waals surface area (Å²) >= 11 is 0. The van der Waals surface area contributed by atoms with Gasteiger partial charge in [0, 0.05) is 12.0 Å². The molecule has 2 heteroatoms. The van der Waals surface area contributed by atoms with Crippen molar-refractivity contribution in [3.05, 3.63) is 71.3 Å². The lowest BCUT2D eigenvalue weighted by atomic mass is 9.93. The lowest BCUT2D eigenvalue weighted by Crippen LogP contribution is -2.15. The Morgan fingerprint density at radius 3 is 2.24 bits per heavy atom. The zero-order valence-corrected chi connectivity index (χ0v) is 10.1. The lowest BCUT2D eigenvalue weighted by Gasteiger charge is -2.12. The second-order valence-corrected chi connectivity index (χ2v) is 4.67. The van der Waals surface area contributed by atoms with Crippen molar-refractivity contribution < 1.29 is 0 Å². The Kier molecular flexibility index (Phi) is 2.73. The number of nitrogens with one attached hydrogen (secondary N) is 1. The third kappa shape index (κ3) is 1.79. The fraction of sp³-hybridized carbons (Fsp3) is 0.200. The maximum Gasteiger partial charge on any atom is 0.182 e. The van der Waals surface area contributed by atoms with Crippen molar-refractivity contribution in [3.63, 3.8) is 0 Å². The number of benzene rings is 2. The van der Waals surface area contributed by atoms with Crippen LogP contribution < -0.4 is 5.23 Å². The molecule has 2 atom stereocenters. The van der Waals surface area contributed by atoms with Crippen LogP contribution in [0.4, 0.5) is 0 Å². The zero-order chi connectivity index (χ0) is 11.7. The van der Waals surface area contributed by atoms with Gasteiger partial charge in [0.15, 0.2) is 7.98 Å². The SMILES string of the molecule is BN[C@@H]1C[C@@H](c2ccccc2)c2ccccc21. The van der Waals surface area contributed by atoms with Crippen molar-refractivity contribution in [2.24, 2.45) is 0 Å². The summed E-state index contributed by atoms with van der Waals surface area (Å²) in [5, 5.41) is 3.42. The van der Waals surface area contributed by atoms with E-state index in [1.165, 1.54) is 23.1 Å². The number of rotatable bonds is 2. The summed E-state index contributed by atoms with van der Waals surface area (Å²) in [6, 6.07) is 20.1. The molecule has 1 aliphatic carbocycles. The highest BCUT2D eigenvalue weighted by Crippen LogP contribution is 2.43. The number of hydrogen-bond donors (Lipinski definition) is 1. The van der Waals surface area contributed by atoms with Crippen molar-refractivity contribution in [2.45, 2.75) is 18.4 Å². The van der Waals surface area contributed by atoms with Crippen LogP contribution in [0.15, 0.2) is 54.6 Å². The number of fused-ring (bicyclic) bond motifs is 1. The van der Waals surface area contributed by atoms with E-state index in [0.717, 1.165) is 0 Å². The van der Waals surface area contributed by atoms with E-state index in [4.69, 9.17) is 0 Å². The minimum absolute atomic E-state index is 0.497. The van der Waals surface area contributed by atoms with Crippen LogP contribution >= 0.6 is 0 Å². The summed E-state index contributed by atoms with van der Waals surface area (Å²) in [6.07, 6.45) is 1.17. The summed E-state index contributed by atoms with van der Waals surface area (Å²) in [6.45, 7) is 0. The van der Waals surface area contributed by atoms with E-state index in [1.807, 2.05) is 0 Å². The molecular weight excluding hydrogens is 205 g/mol. The highest BCUT2D eigenvalue weighted by molar-refractivity contribution is 6.04. The fourth-order valence-electron chi connectivity index (χ4n) is 2.91. The second-order valence-electron chi connectivity index (χ2n) is 4.67. The molecule has 0 unspecified atom stereocenters. The van der Waals surface area contributed by atoms with Gasteiger partial charge in [0.25, 0.3) is 0 Å². The van der Waals surface area contributed by atoms with Crippen molar-refractivity contribution in [1.29, 1.82) is 0 Å². The Balaban J connectivity index is 2.05. The molecule has 84 valence electrons. The van der Waals surface area contributed by atoms with Gasteiger partial charge in [-0.05, 0) is 23.1 Å². The first-order chi connectivity index (χ1) is 8.40. The molecule has 0 saturated heterocycles. The summed E-state index contributed by atoms with van der Waals surface area (Å²) in [7, 11) is 2.05. The Morgan fingerprint density at radius 1 is 0.882 bits per heavy atom. The minimum Gasteiger partial charge on any atom is -0.356 e. The predicted molar refractivity (Wildman–Crippen MR) is 73.8 cm³/mol. The first kappa shape index (κ1) is 10.6. The molecule has 1 nitrogen and oxygen atoms in total. The molecule has 2 aromatic carbocycles. The van der Waals surface area contributed by atoms with E-state index in [1.54, 1.807) is 0 Å². The topological polar surface area (TPSA) is 12.0 Å². The smallest absolute Gasteiger partial charge is 0.182 e. The molecule has 1 N–H and O–H groups in total. The van der Waals surface area contributed by atoms with Crippen LogP contribution in [-0.4, -0.2) is 7.98 Å². The zero-order valence-electron chi connectivity index (χ0n) is 10.1. The lowest BCUT2D eigenvalue weighted by molar-refractivity contribution is 0.620. The molecule has 0 amide bonds. The van der Waals surface area contributed by atoms with Gasteiger partial charge in [-0.1, -0.05) is 54.6 Å². The van der Waals surface area contributed by atoms with Gasteiger partial charge < -0.3 is 5.23 Å². The molecule has 0 aliphatic heterocycles. The highest BCUT2D eigenvalue weighted by Gasteiger charge is 2.29. The van der Waals surface area contributed by atoms with Crippen molar-refractivity contribution >= 4 is 7.98 Å². The molecule has 0 bridgehead atoms. The van der Waals surface area contributed by atoms with E-state index in [2.05, 4.69) is 67.8 Å². The normalized spacial score (nSPS) is 22.4. The third-order valence-corrected chi connectivity index (χ3v) is 3.77. The summed E-state index contributed by atoms with van der Waals surface area (Å²) in [4.78, 5) is 0. The standard InChI is InChI=1S/C15H16BN/c16-17-15-10-14(11-6-2-1-3-7-11)12-8-4-5-9-13(12)15/h1-9,14-15,17H,10,16H2/t14-,15+/m0/s1. The van der Waals surface area contributed by atoms with Crippen LogP contribution in [0.2, 0.25) is 0 Å². The van der Waals surface area contributed by atoms with Crippen LogP contribution in [0.1, 0.15) is 35.1 Å². The minimum atomic E-state index is 0.497. The largest absolute Gasteiger partial charge is 0.356 e. The van der Waals surface area contributed by atoms with Crippen LogP contribution in [0, 0.1) is 0 Å². The average Bonchev–Trinajstić information content (AvgIpc) is 2.78. The third-order valence-electron chi connectivity index (χ3n) is 3.77.